The highest BCUT2D eigenvalue weighted by atomic mass is 16.4. The molecule has 2 rings (SSSR count). The third-order valence-corrected chi connectivity index (χ3v) is 3.14. The van der Waals surface area contributed by atoms with E-state index < -0.39 is 11.4 Å². The van der Waals surface area contributed by atoms with Gasteiger partial charge in [-0.15, -0.1) is 0 Å². The van der Waals surface area contributed by atoms with Crippen LogP contribution in [0.3, 0.4) is 0 Å². The molecule has 0 aliphatic heterocycles. The third kappa shape index (κ3) is 1.54. The van der Waals surface area contributed by atoms with Gasteiger partial charge in [-0.2, -0.15) is 0 Å². The first-order valence-electron chi connectivity index (χ1n) is 4.97. The Labute approximate surface area is 82.7 Å². The maximum Gasteiger partial charge on any atom is 0.309 e. The fraction of sp³-hybridized carbons (Fsp3) is 0.545. The maximum absolute atomic E-state index is 11.2. The second-order valence-corrected chi connectivity index (χ2v) is 4.10. The van der Waals surface area contributed by atoms with E-state index in [1.165, 1.54) is 0 Å². The molecule has 76 valence electrons. The minimum absolute atomic E-state index is 0.524. The van der Waals surface area contributed by atoms with Gasteiger partial charge >= 0.3 is 5.97 Å². The van der Waals surface area contributed by atoms with Crippen molar-refractivity contribution < 1.29 is 14.3 Å². The second kappa shape index (κ2) is 3.48. The van der Waals surface area contributed by atoms with E-state index >= 15 is 0 Å². The number of rotatable bonds is 3. The summed E-state index contributed by atoms with van der Waals surface area (Å²) in [5.74, 6) is -0.656. The van der Waals surface area contributed by atoms with Crippen LogP contribution >= 0.6 is 0 Å². The summed E-state index contributed by atoms with van der Waals surface area (Å²) in [5.41, 5.74) is 0.471. The minimum atomic E-state index is -0.656. The first-order chi connectivity index (χ1) is 6.73. The van der Waals surface area contributed by atoms with Crippen LogP contribution in [0.5, 0.6) is 0 Å². The van der Waals surface area contributed by atoms with Crippen molar-refractivity contribution in [2.24, 2.45) is 5.41 Å². The Bertz CT molecular complexity index is 307. The summed E-state index contributed by atoms with van der Waals surface area (Å²) in [6, 6.07) is 1.85. The number of furan rings is 1. The molecule has 1 aromatic heterocycles. The Morgan fingerprint density at radius 1 is 1.50 bits per heavy atom. The number of carboxylic acids is 1. The Morgan fingerprint density at radius 2 is 2.21 bits per heavy atom. The zero-order chi connectivity index (χ0) is 10.0. The largest absolute Gasteiger partial charge is 0.481 e. The van der Waals surface area contributed by atoms with Crippen LogP contribution in [0.4, 0.5) is 0 Å². The molecule has 1 N–H and O–H groups in total. The van der Waals surface area contributed by atoms with Crippen molar-refractivity contribution in [3.8, 4) is 0 Å². The lowest BCUT2D eigenvalue weighted by atomic mass is 9.81. The highest BCUT2D eigenvalue weighted by Crippen LogP contribution is 2.41. The molecule has 3 heteroatoms. The summed E-state index contributed by atoms with van der Waals surface area (Å²) >= 11 is 0. The zero-order valence-corrected chi connectivity index (χ0v) is 8.03. The molecule has 14 heavy (non-hydrogen) atoms. The average Bonchev–Trinajstić information content (AvgIpc) is 2.76. The van der Waals surface area contributed by atoms with Gasteiger partial charge in [0.25, 0.3) is 0 Å². The monoisotopic (exact) mass is 194 g/mol. The summed E-state index contributed by atoms with van der Waals surface area (Å²) in [5, 5.41) is 9.23. The molecule has 0 aromatic carbocycles. The highest BCUT2D eigenvalue weighted by molar-refractivity contribution is 5.75. The first kappa shape index (κ1) is 9.31. The standard InChI is InChI=1S/C11H14O3/c12-10(13)11(4-1-2-5-11)7-9-3-6-14-8-9/h3,6,8H,1-2,4-5,7H2,(H,12,13). The smallest absolute Gasteiger partial charge is 0.309 e. The molecule has 1 saturated carbocycles. The quantitative estimate of drug-likeness (QED) is 0.804. The van der Waals surface area contributed by atoms with Crippen molar-refractivity contribution in [1.29, 1.82) is 0 Å². The van der Waals surface area contributed by atoms with Gasteiger partial charge in [0.15, 0.2) is 0 Å². The van der Waals surface area contributed by atoms with Crippen molar-refractivity contribution in [2.75, 3.05) is 0 Å². The molecule has 0 spiro atoms. The first-order valence-corrected chi connectivity index (χ1v) is 4.97. The zero-order valence-electron chi connectivity index (χ0n) is 8.03. The van der Waals surface area contributed by atoms with Gasteiger partial charge < -0.3 is 9.52 Å². The summed E-state index contributed by atoms with van der Waals surface area (Å²) in [6.45, 7) is 0. The van der Waals surface area contributed by atoms with Crippen LogP contribution in [0.2, 0.25) is 0 Å². The number of aliphatic carboxylic acids is 1. The van der Waals surface area contributed by atoms with Crippen molar-refractivity contribution in [2.45, 2.75) is 32.1 Å². The molecule has 1 aliphatic rings. The number of hydrogen-bond acceptors (Lipinski definition) is 2. The summed E-state index contributed by atoms with van der Waals surface area (Å²) in [7, 11) is 0. The molecule has 3 nitrogen and oxygen atoms in total. The molecule has 1 aliphatic carbocycles. The number of carbonyl (C=O) groups is 1. The molecule has 1 aromatic rings. The van der Waals surface area contributed by atoms with E-state index in [0.29, 0.717) is 6.42 Å². The van der Waals surface area contributed by atoms with Gasteiger partial charge in [-0.05, 0) is 30.9 Å². The van der Waals surface area contributed by atoms with Crippen LogP contribution in [-0.2, 0) is 11.2 Å². The number of hydrogen-bond donors (Lipinski definition) is 1. The fourth-order valence-electron chi connectivity index (χ4n) is 2.30. The van der Waals surface area contributed by atoms with E-state index in [4.69, 9.17) is 4.42 Å². The topological polar surface area (TPSA) is 50.4 Å². The van der Waals surface area contributed by atoms with Crippen LogP contribution in [0.1, 0.15) is 31.2 Å². The molecule has 1 heterocycles. The average molecular weight is 194 g/mol. The van der Waals surface area contributed by atoms with Crippen molar-refractivity contribution in [3.05, 3.63) is 24.2 Å². The van der Waals surface area contributed by atoms with Gasteiger partial charge in [0.1, 0.15) is 0 Å². The minimum Gasteiger partial charge on any atom is -0.481 e. The van der Waals surface area contributed by atoms with E-state index in [2.05, 4.69) is 0 Å². The lowest BCUT2D eigenvalue weighted by Crippen LogP contribution is -2.29. The molecular formula is C11H14O3. The van der Waals surface area contributed by atoms with Gasteiger partial charge in [0, 0.05) is 0 Å². The van der Waals surface area contributed by atoms with Gasteiger partial charge in [0.05, 0.1) is 17.9 Å². The van der Waals surface area contributed by atoms with E-state index in [9.17, 15) is 9.90 Å². The summed E-state index contributed by atoms with van der Waals surface area (Å²) in [6.07, 6.45) is 7.51. The molecule has 0 atom stereocenters. The third-order valence-electron chi connectivity index (χ3n) is 3.14. The Balaban J connectivity index is 2.16. The van der Waals surface area contributed by atoms with Crippen LogP contribution in [-0.4, -0.2) is 11.1 Å². The number of carboxylic acid groups (broad SMARTS) is 1. The molecule has 0 amide bonds. The molecule has 0 saturated heterocycles. The normalized spacial score (nSPS) is 19.7. The van der Waals surface area contributed by atoms with Crippen LogP contribution in [0, 0.1) is 5.41 Å². The van der Waals surface area contributed by atoms with Gasteiger partial charge in [-0.25, -0.2) is 0 Å². The lowest BCUT2D eigenvalue weighted by Gasteiger charge is -2.22. The van der Waals surface area contributed by atoms with Gasteiger partial charge in [0.2, 0.25) is 0 Å². The fourth-order valence-corrected chi connectivity index (χ4v) is 2.30. The highest BCUT2D eigenvalue weighted by Gasteiger charge is 2.41. The SMILES string of the molecule is O=C(O)C1(Cc2ccoc2)CCCC1. The lowest BCUT2D eigenvalue weighted by molar-refractivity contribution is -0.148. The van der Waals surface area contributed by atoms with E-state index in [0.717, 1.165) is 31.2 Å². The van der Waals surface area contributed by atoms with Crippen LogP contribution < -0.4 is 0 Å². The Morgan fingerprint density at radius 3 is 2.71 bits per heavy atom. The van der Waals surface area contributed by atoms with E-state index in [-0.39, 0.29) is 0 Å². The van der Waals surface area contributed by atoms with Crippen molar-refractivity contribution >= 4 is 5.97 Å². The second-order valence-electron chi connectivity index (χ2n) is 4.10. The van der Waals surface area contributed by atoms with Crippen molar-refractivity contribution in [1.82, 2.24) is 0 Å². The van der Waals surface area contributed by atoms with E-state index in [1.54, 1.807) is 12.5 Å². The maximum atomic E-state index is 11.2. The van der Waals surface area contributed by atoms with Gasteiger partial charge in [-0.3, -0.25) is 4.79 Å². The van der Waals surface area contributed by atoms with E-state index in [1.807, 2.05) is 6.07 Å². The molecular weight excluding hydrogens is 180 g/mol. The summed E-state index contributed by atoms with van der Waals surface area (Å²) in [4.78, 5) is 11.2. The summed E-state index contributed by atoms with van der Waals surface area (Å²) < 4.78 is 4.96. The van der Waals surface area contributed by atoms with Crippen LogP contribution in [0.15, 0.2) is 23.0 Å². The molecule has 0 radical (unpaired) electrons. The Hall–Kier alpha value is -1.25. The predicted octanol–water partition coefficient (Wildman–Crippen LogP) is 2.47. The van der Waals surface area contributed by atoms with Crippen LogP contribution in [0.25, 0.3) is 0 Å². The Kier molecular flexibility index (Phi) is 2.32. The van der Waals surface area contributed by atoms with Crippen molar-refractivity contribution in [3.63, 3.8) is 0 Å². The molecule has 0 bridgehead atoms. The predicted molar refractivity (Wildman–Crippen MR) is 50.9 cm³/mol. The molecule has 0 unspecified atom stereocenters. The van der Waals surface area contributed by atoms with Gasteiger partial charge in [-0.1, -0.05) is 12.8 Å². The molecule has 1 fully saturated rings.